The van der Waals surface area contributed by atoms with Crippen LogP contribution in [0.15, 0.2) is 23.8 Å². The zero-order valence-electron chi connectivity index (χ0n) is 21.0. The maximum Gasteiger partial charge on any atom is 0.0676 e. The molecule has 1 aliphatic carbocycles. The summed E-state index contributed by atoms with van der Waals surface area (Å²) >= 11 is 0. The van der Waals surface area contributed by atoms with Crippen molar-refractivity contribution in [2.24, 2.45) is 23.7 Å². The summed E-state index contributed by atoms with van der Waals surface area (Å²) in [5.74, 6) is 2.60. The average molecular weight is 419 g/mol. The molecule has 0 saturated carbocycles. The zero-order chi connectivity index (χ0) is 22.4. The van der Waals surface area contributed by atoms with E-state index in [1.165, 1.54) is 31.3 Å². The molecular formula is C28H50O2. The lowest BCUT2D eigenvalue weighted by Gasteiger charge is -2.47. The number of ether oxygens (including phenoxy) is 1. The molecule has 2 rings (SSSR count). The summed E-state index contributed by atoms with van der Waals surface area (Å²) in [5.41, 5.74) is 0.988. The molecule has 1 aliphatic heterocycles. The van der Waals surface area contributed by atoms with Crippen LogP contribution < -0.4 is 0 Å². The molecule has 0 spiro atoms. The van der Waals surface area contributed by atoms with E-state index in [1.807, 2.05) is 6.92 Å². The number of hydrogen-bond acceptors (Lipinski definition) is 2. The molecule has 6 atom stereocenters. The molecule has 1 heterocycles. The van der Waals surface area contributed by atoms with Gasteiger partial charge in [-0.3, -0.25) is 0 Å². The normalized spacial score (nSPS) is 34.1. The Morgan fingerprint density at radius 3 is 2.67 bits per heavy atom. The smallest absolute Gasteiger partial charge is 0.0676 e. The van der Waals surface area contributed by atoms with Crippen molar-refractivity contribution in [3.63, 3.8) is 0 Å². The Bertz CT molecular complexity index is 573. The molecule has 0 aromatic rings. The number of hydrogen-bond donors (Lipinski definition) is 1. The van der Waals surface area contributed by atoms with Crippen molar-refractivity contribution in [2.75, 3.05) is 0 Å². The molecule has 0 aromatic heterocycles. The fraction of sp³-hybridized carbons (Fsp3) is 0.857. The van der Waals surface area contributed by atoms with Crippen molar-refractivity contribution in [1.82, 2.24) is 0 Å². The molecule has 0 amide bonds. The molecule has 6 unspecified atom stereocenters. The van der Waals surface area contributed by atoms with E-state index in [4.69, 9.17) is 4.74 Å². The molecule has 0 aromatic carbocycles. The third kappa shape index (κ3) is 8.15. The van der Waals surface area contributed by atoms with Crippen molar-refractivity contribution >= 4 is 0 Å². The first-order valence-electron chi connectivity index (χ1n) is 12.8. The first-order valence-corrected chi connectivity index (χ1v) is 12.8. The van der Waals surface area contributed by atoms with Gasteiger partial charge in [-0.25, -0.2) is 0 Å². The second kappa shape index (κ2) is 11.3. The highest BCUT2D eigenvalue weighted by molar-refractivity contribution is 5.07. The number of aliphatic hydroxyl groups is 1. The molecule has 2 nitrogen and oxygen atoms in total. The van der Waals surface area contributed by atoms with Gasteiger partial charge in [0.05, 0.1) is 17.3 Å². The van der Waals surface area contributed by atoms with Crippen LogP contribution in [0, 0.1) is 23.7 Å². The van der Waals surface area contributed by atoms with Crippen LogP contribution in [0.4, 0.5) is 0 Å². The van der Waals surface area contributed by atoms with Crippen LogP contribution in [0.5, 0.6) is 0 Å². The standard InChI is InChI=1S/C28H50O2/c1-21(2)11-8-17-27(6,29)18-9-12-22(3)13-10-19-28(7)20-16-25-15-14-23(4)24(5)26(25)30-28/h12,14-15,21,23-26,29H,8-11,13,16-20H2,1-7H3/b22-12+. The predicted molar refractivity (Wildman–Crippen MR) is 130 cm³/mol. The molecule has 2 aliphatic rings. The van der Waals surface area contributed by atoms with E-state index in [9.17, 15) is 5.11 Å². The van der Waals surface area contributed by atoms with Gasteiger partial charge in [-0.05, 0) is 89.9 Å². The molecule has 174 valence electrons. The van der Waals surface area contributed by atoms with E-state index in [2.05, 4.69) is 59.8 Å². The Morgan fingerprint density at radius 2 is 1.97 bits per heavy atom. The summed E-state index contributed by atoms with van der Waals surface area (Å²) in [7, 11) is 0. The van der Waals surface area contributed by atoms with E-state index < -0.39 is 5.60 Å². The number of allylic oxidation sites excluding steroid dienone is 3. The van der Waals surface area contributed by atoms with Crippen molar-refractivity contribution in [1.29, 1.82) is 0 Å². The van der Waals surface area contributed by atoms with Gasteiger partial charge in [-0.2, -0.15) is 0 Å². The predicted octanol–water partition coefficient (Wildman–Crippen LogP) is 7.86. The van der Waals surface area contributed by atoms with Crippen LogP contribution in [0.1, 0.15) is 113 Å². The van der Waals surface area contributed by atoms with Crippen molar-refractivity contribution in [3.8, 4) is 0 Å². The third-order valence-corrected chi connectivity index (χ3v) is 7.81. The van der Waals surface area contributed by atoms with Crippen molar-refractivity contribution < 1.29 is 9.84 Å². The molecular weight excluding hydrogens is 368 g/mol. The van der Waals surface area contributed by atoms with E-state index in [-0.39, 0.29) is 5.60 Å². The van der Waals surface area contributed by atoms with Crippen LogP contribution in [0.2, 0.25) is 0 Å². The Balaban J connectivity index is 1.70. The summed E-state index contributed by atoms with van der Waals surface area (Å²) in [6.07, 6.45) is 18.6. The van der Waals surface area contributed by atoms with E-state index in [1.54, 1.807) is 0 Å². The lowest BCUT2D eigenvalue weighted by atomic mass is 9.72. The van der Waals surface area contributed by atoms with Gasteiger partial charge in [0.25, 0.3) is 0 Å². The fourth-order valence-corrected chi connectivity index (χ4v) is 5.28. The SMILES string of the molecule is C/C(=C\CCC(C)(O)CCCC(C)C)CCCC1(C)CCC2C=CC(C)C(C)C2O1. The number of fused-ring (bicyclic) bond motifs is 1. The second-order valence-corrected chi connectivity index (χ2v) is 11.6. The van der Waals surface area contributed by atoms with Gasteiger partial charge in [0.1, 0.15) is 0 Å². The Labute approximate surface area is 187 Å². The van der Waals surface area contributed by atoms with Crippen LogP contribution in [-0.2, 0) is 4.74 Å². The molecule has 1 saturated heterocycles. The largest absolute Gasteiger partial charge is 0.390 e. The summed E-state index contributed by atoms with van der Waals surface area (Å²) in [5, 5.41) is 10.6. The van der Waals surface area contributed by atoms with E-state index in [0.29, 0.717) is 23.9 Å². The van der Waals surface area contributed by atoms with Crippen LogP contribution in [0.25, 0.3) is 0 Å². The Hall–Kier alpha value is -0.600. The van der Waals surface area contributed by atoms with Gasteiger partial charge in [-0.1, -0.05) is 64.3 Å². The maximum atomic E-state index is 10.6. The van der Waals surface area contributed by atoms with Crippen LogP contribution >= 0.6 is 0 Å². The molecule has 0 bridgehead atoms. The molecule has 0 radical (unpaired) electrons. The molecule has 30 heavy (non-hydrogen) atoms. The van der Waals surface area contributed by atoms with Crippen LogP contribution in [-0.4, -0.2) is 22.4 Å². The molecule has 1 fully saturated rings. The topological polar surface area (TPSA) is 29.5 Å². The summed E-state index contributed by atoms with van der Waals surface area (Å²) < 4.78 is 6.72. The quantitative estimate of drug-likeness (QED) is 0.346. The van der Waals surface area contributed by atoms with Gasteiger partial charge < -0.3 is 9.84 Å². The monoisotopic (exact) mass is 418 g/mol. The van der Waals surface area contributed by atoms with E-state index >= 15 is 0 Å². The summed E-state index contributed by atoms with van der Waals surface area (Å²) in [6.45, 7) is 15.8. The Morgan fingerprint density at radius 1 is 1.23 bits per heavy atom. The van der Waals surface area contributed by atoms with Gasteiger partial charge in [0.15, 0.2) is 0 Å². The first kappa shape index (κ1) is 25.7. The average Bonchev–Trinajstić information content (AvgIpc) is 2.64. The minimum atomic E-state index is -0.520. The minimum Gasteiger partial charge on any atom is -0.390 e. The number of rotatable bonds is 11. The van der Waals surface area contributed by atoms with Crippen molar-refractivity contribution in [3.05, 3.63) is 23.8 Å². The van der Waals surface area contributed by atoms with Crippen LogP contribution in [0.3, 0.4) is 0 Å². The lowest BCUT2D eigenvalue weighted by molar-refractivity contribution is -0.164. The van der Waals surface area contributed by atoms with Crippen molar-refractivity contribution in [2.45, 2.75) is 130 Å². The second-order valence-electron chi connectivity index (χ2n) is 11.6. The lowest BCUT2D eigenvalue weighted by Crippen LogP contribution is -2.47. The van der Waals surface area contributed by atoms with Gasteiger partial charge in [0.2, 0.25) is 0 Å². The highest BCUT2D eigenvalue weighted by atomic mass is 16.5. The van der Waals surface area contributed by atoms with Gasteiger partial charge >= 0.3 is 0 Å². The highest BCUT2D eigenvalue weighted by Gasteiger charge is 2.42. The summed E-state index contributed by atoms with van der Waals surface area (Å²) in [6, 6.07) is 0. The first-order chi connectivity index (χ1) is 14.0. The fourth-order valence-electron chi connectivity index (χ4n) is 5.28. The Kier molecular flexibility index (Phi) is 9.68. The molecule has 2 heteroatoms. The zero-order valence-corrected chi connectivity index (χ0v) is 21.0. The molecule has 1 N–H and O–H groups in total. The highest BCUT2D eigenvalue weighted by Crippen LogP contribution is 2.43. The van der Waals surface area contributed by atoms with Gasteiger partial charge in [-0.15, -0.1) is 0 Å². The third-order valence-electron chi connectivity index (χ3n) is 7.81. The minimum absolute atomic E-state index is 0.0424. The summed E-state index contributed by atoms with van der Waals surface area (Å²) in [4.78, 5) is 0. The van der Waals surface area contributed by atoms with Gasteiger partial charge in [0, 0.05) is 5.92 Å². The van der Waals surface area contributed by atoms with E-state index in [0.717, 1.165) is 44.4 Å². The maximum absolute atomic E-state index is 10.6.